The molecular formula is C13H21NO2. The third-order valence-electron chi connectivity index (χ3n) is 2.83. The zero-order chi connectivity index (χ0) is 12.1. The largest absolute Gasteiger partial charge is 0.496 e. The van der Waals surface area contributed by atoms with Crippen LogP contribution in [-0.2, 0) is 0 Å². The third kappa shape index (κ3) is 2.97. The molecule has 1 rings (SSSR count). The Bertz CT molecular complexity index is 337. The van der Waals surface area contributed by atoms with Crippen molar-refractivity contribution in [3.8, 4) is 5.75 Å². The van der Waals surface area contributed by atoms with Gasteiger partial charge in [-0.3, -0.25) is 0 Å². The van der Waals surface area contributed by atoms with E-state index in [1.165, 1.54) is 5.56 Å². The Morgan fingerprint density at radius 2 is 2.06 bits per heavy atom. The maximum absolute atomic E-state index is 9.07. The standard InChI is InChI=1S/C13H21NO2/c1-10-9-11(5-6-13(10)16-4)12(7-8-15)14(2)3/h5-6,9,12,15H,7-8H2,1-4H3. The van der Waals surface area contributed by atoms with Gasteiger partial charge in [-0.2, -0.15) is 0 Å². The lowest BCUT2D eigenvalue weighted by molar-refractivity contribution is 0.210. The number of ether oxygens (including phenoxy) is 1. The number of hydrogen-bond donors (Lipinski definition) is 1. The number of aliphatic hydroxyl groups excluding tert-OH is 1. The second-order valence-corrected chi connectivity index (χ2v) is 4.22. The van der Waals surface area contributed by atoms with Crippen LogP contribution in [0.25, 0.3) is 0 Å². The summed E-state index contributed by atoms with van der Waals surface area (Å²) in [6.45, 7) is 2.24. The van der Waals surface area contributed by atoms with E-state index in [-0.39, 0.29) is 12.6 Å². The van der Waals surface area contributed by atoms with Crippen LogP contribution in [0.15, 0.2) is 18.2 Å². The highest BCUT2D eigenvalue weighted by atomic mass is 16.5. The zero-order valence-electron chi connectivity index (χ0n) is 10.5. The molecule has 0 heterocycles. The summed E-state index contributed by atoms with van der Waals surface area (Å²) >= 11 is 0. The van der Waals surface area contributed by atoms with Gasteiger partial charge in [0.25, 0.3) is 0 Å². The van der Waals surface area contributed by atoms with Gasteiger partial charge in [0.1, 0.15) is 5.75 Å². The van der Waals surface area contributed by atoms with Crippen LogP contribution in [0.3, 0.4) is 0 Å². The molecule has 0 radical (unpaired) electrons. The maximum Gasteiger partial charge on any atom is 0.121 e. The fourth-order valence-corrected chi connectivity index (χ4v) is 1.95. The minimum Gasteiger partial charge on any atom is -0.496 e. The number of aryl methyl sites for hydroxylation is 1. The van der Waals surface area contributed by atoms with E-state index in [4.69, 9.17) is 9.84 Å². The van der Waals surface area contributed by atoms with Gasteiger partial charge in [0.15, 0.2) is 0 Å². The van der Waals surface area contributed by atoms with E-state index in [0.717, 1.165) is 17.7 Å². The van der Waals surface area contributed by atoms with Crippen LogP contribution in [0.4, 0.5) is 0 Å². The summed E-state index contributed by atoms with van der Waals surface area (Å²) in [6, 6.07) is 6.43. The summed E-state index contributed by atoms with van der Waals surface area (Å²) in [6.07, 6.45) is 0.749. The molecule has 0 saturated carbocycles. The highest BCUT2D eigenvalue weighted by Crippen LogP contribution is 2.26. The van der Waals surface area contributed by atoms with Crippen LogP contribution in [0.1, 0.15) is 23.6 Å². The van der Waals surface area contributed by atoms with Gasteiger partial charge in [0.05, 0.1) is 7.11 Å². The summed E-state index contributed by atoms with van der Waals surface area (Å²) in [5.74, 6) is 0.908. The number of hydrogen-bond acceptors (Lipinski definition) is 3. The summed E-state index contributed by atoms with van der Waals surface area (Å²) in [5.41, 5.74) is 2.35. The molecule has 0 aliphatic rings. The molecule has 0 saturated heterocycles. The molecule has 0 spiro atoms. The zero-order valence-corrected chi connectivity index (χ0v) is 10.5. The average Bonchev–Trinajstić information content (AvgIpc) is 2.25. The average molecular weight is 223 g/mol. The fourth-order valence-electron chi connectivity index (χ4n) is 1.95. The molecule has 3 nitrogen and oxygen atoms in total. The van der Waals surface area contributed by atoms with Crippen LogP contribution in [-0.4, -0.2) is 37.8 Å². The molecule has 0 fully saturated rings. The Morgan fingerprint density at radius 3 is 2.50 bits per heavy atom. The summed E-state index contributed by atoms with van der Waals surface area (Å²) in [5, 5.41) is 9.07. The van der Waals surface area contributed by atoms with Crippen molar-refractivity contribution in [2.75, 3.05) is 27.8 Å². The minimum atomic E-state index is 0.202. The quantitative estimate of drug-likeness (QED) is 0.828. The van der Waals surface area contributed by atoms with Crippen LogP contribution in [0.5, 0.6) is 5.75 Å². The molecule has 0 bridgehead atoms. The highest BCUT2D eigenvalue weighted by Gasteiger charge is 2.14. The predicted octanol–water partition coefficient (Wildman–Crippen LogP) is 1.99. The van der Waals surface area contributed by atoms with Crippen molar-refractivity contribution in [2.24, 2.45) is 0 Å². The molecule has 0 aliphatic heterocycles. The van der Waals surface area contributed by atoms with E-state index < -0.39 is 0 Å². The van der Waals surface area contributed by atoms with Crippen LogP contribution in [0, 0.1) is 6.92 Å². The number of rotatable bonds is 5. The number of benzene rings is 1. The van der Waals surface area contributed by atoms with Crippen LogP contribution < -0.4 is 4.74 Å². The molecule has 1 aromatic carbocycles. The van der Waals surface area contributed by atoms with Gasteiger partial charge in [-0.15, -0.1) is 0 Å². The summed E-state index contributed by atoms with van der Waals surface area (Å²) in [7, 11) is 5.74. The van der Waals surface area contributed by atoms with E-state index in [1.807, 2.05) is 27.1 Å². The Labute approximate surface area is 97.7 Å². The van der Waals surface area contributed by atoms with E-state index in [1.54, 1.807) is 7.11 Å². The molecule has 1 atom stereocenters. The predicted molar refractivity (Wildman–Crippen MR) is 65.9 cm³/mol. The number of methoxy groups -OCH3 is 1. The second kappa shape index (κ2) is 5.87. The summed E-state index contributed by atoms with van der Waals surface area (Å²) in [4.78, 5) is 2.12. The maximum atomic E-state index is 9.07. The van der Waals surface area contributed by atoms with Crippen molar-refractivity contribution in [1.82, 2.24) is 4.90 Å². The molecular weight excluding hydrogens is 202 g/mol. The smallest absolute Gasteiger partial charge is 0.121 e. The molecule has 16 heavy (non-hydrogen) atoms. The lowest BCUT2D eigenvalue weighted by Crippen LogP contribution is -2.21. The first-order valence-electron chi connectivity index (χ1n) is 5.52. The minimum absolute atomic E-state index is 0.202. The van der Waals surface area contributed by atoms with E-state index in [2.05, 4.69) is 17.0 Å². The molecule has 90 valence electrons. The Kier molecular flexibility index (Phi) is 4.77. The highest BCUT2D eigenvalue weighted by molar-refractivity contribution is 5.37. The van der Waals surface area contributed by atoms with Gasteiger partial charge >= 0.3 is 0 Å². The lowest BCUT2D eigenvalue weighted by Gasteiger charge is -2.24. The molecule has 1 unspecified atom stereocenters. The first kappa shape index (κ1) is 13.0. The van der Waals surface area contributed by atoms with Gasteiger partial charge in [-0.1, -0.05) is 12.1 Å². The van der Waals surface area contributed by atoms with Gasteiger partial charge in [0, 0.05) is 12.6 Å². The first-order valence-corrected chi connectivity index (χ1v) is 5.52. The van der Waals surface area contributed by atoms with Gasteiger partial charge in [-0.25, -0.2) is 0 Å². The lowest BCUT2D eigenvalue weighted by atomic mass is 10.0. The van der Waals surface area contributed by atoms with Gasteiger partial charge in [0.2, 0.25) is 0 Å². The van der Waals surface area contributed by atoms with Crippen molar-refractivity contribution in [3.05, 3.63) is 29.3 Å². The third-order valence-corrected chi connectivity index (χ3v) is 2.83. The second-order valence-electron chi connectivity index (χ2n) is 4.22. The SMILES string of the molecule is COc1ccc(C(CCO)N(C)C)cc1C. The van der Waals surface area contributed by atoms with Gasteiger partial charge < -0.3 is 14.7 Å². The van der Waals surface area contributed by atoms with E-state index in [0.29, 0.717) is 0 Å². The normalized spacial score (nSPS) is 12.9. The van der Waals surface area contributed by atoms with Crippen LogP contribution in [0.2, 0.25) is 0 Å². The van der Waals surface area contributed by atoms with Crippen molar-refractivity contribution >= 4 is 0 Å². The molecule has 0 aliphatic carbocycles. The van der Waals surface area contributed by atoms with Crippen molar-refractivity contribution in [2.45, 2.75) is 19.4 Å². The Balaban J connectivity index is 2.97. The molecule has 3 heteroatoms. The molecule has 0 amide bonds. The number of nitrogens with zero attached hydrogens (tertiary/aromatic N) is 1. The monoisotopic (exact) mass is 223 g/mol. The first-order chi connectivity index (χ1) is 7.60. The Morgan fingerprint density at radius 1 is 1.38 bits per heavy atom. The topological polar surface area (TPSA) is 32.7 Å². The molecule has 1 aromatic rings. The summed E-state index contributed by atoms with van der Waals surface area (Å²) < 4.78 is 5.24. The molecule has 1 N–H and O–H groups in total. The van der Waals surface area contributed by atoms with Gasteiger partial charge in [-0.05, 0) is 44.6 Å². The molecule has 0 aromatic heterocycles. The number of aliphatic hydroxyl groups is 1. The van der Waals surface area contributed by atoms with Crippen molar-refractivity contribution in [1.29, 1.82) is 0 Å². The van der Waals surface area contributed by atoms with Crippen LogP contribution >= 0.6 is 0 Å². The van der Waals surface area contributed by atoms with E-state index in [9.17, 15) is 0 Å². The van der Waals surface area contributed by atoms with Crippen molar-refractivity contribution < 1.29 is 9.84 Å². The van der Waals surface area contributed by atoms with E-state index >= 15 is 0 Å². The van der Waals surface area contributed by atoms with Crippen molar-refractivity contribution in [3.63, 3.8) is 0 Å². The Hall–Kier alpha value is -1.06. The fraction of sp³-hybridized carbons (Fsp3) is 0.538.